The third kappa shape index (κ3) is 4.64. The van der Waals surface area contributed by atoms with Gasteiger partial charge in [0.15, 0.2) is 0 Å². The lowest BCUT2D eigenvalue weighted by atomic mass is 9.92. The van der Waals surface area contributed by atoms with Crippen molar-refractivity contribution in [3.63, 3.8) is 0 Å². The van der Waals surface area contributed by atoms with E-state index < -0.39 is 5.92 Å². The molecular formula is C25H31F2N7S. The van der Waals surface area contributed by atoms with Crippen LogP contribution in [0.5, 0.6) is 0 Å². The second kappa shape index (κ2) is 8.80. The molecule has 0 radical (unpaired) electrons. The van der Waals surface area contributed by atoms with Crippen LogP contribution in [-0.4, -0.2) is 50.0 Å². The number of benzene rings is 1. The number of aromatic nitrogens is 5. The van der Waals surface area contributed by atoms with E-state index in [4.69, 9.17) is 0 Å². The van der Waals surface area contributed by atoms with Crippen molar-refractivity contribution >= 4 is 23.3 Å². The highest BCUT2D eigenvalue weighted by Gasteiger charge is 2.44. The van der Waals surface area contributed by atoms with E-state index in [1.807, 2.05) is 34.1 Å². The number of nitrogens with zero attached hydrogens (tertiary/aromatic N) is 6. The highest BCUT2D eigenvalue weighted by molar-refractivity contribution is 7.99. The maximum Gasteiger partial charge on any atom is 0.248 e. The first-order chi connectivity index (χ1) is 16.9. The first-order valence-corrected chi connectivity index (χ1v) is 13.7. The molecular weight excluding hydrogens is 468 g/mol. The number of alkyl halides is 2. The largest absolute Gasteiger partial charge is 0.370 e. The summed E-state index contributed by atoms with van der Waals surface area (Å²) in [5.41, 5.74) is 5.22. The van der Waals surface area contributed by atoms with E-state index in [-0.39, 0.29) is 18.9 Å². The van der Waals surface area contributed by atoms with Gasteiger partial charge in [-0.25, -0.2) is 13.5 Å². The quantitative estimate of drug-likeness (QED) is 0.423. The van der Waals surface area contributed by atoms with Crippen LogP contribution in [0, 0.1) is 5.41 Å². The molecule has 6 rings (SSSR count). The van der Waals surface area contributed by atoms with Crippen molar-refractivity contribution < 1.29 is 8.78 Å². The van der Waals surface area contributed by atoms with E-state index in [9.17, 15) is 8.78 Å². The molecule has 3 aliphatic rings. The molecule has 10 heteroatoms. The van der Waals surface area contributed by atoms with Gasteiger partial charge in [0.05, 0.1) is 23.6 Å². The molecule has 1 aromatic carbocycles. The zero-order valence-corrected chi connectivity index (χ0v) is 20.8. The Bertz CT molecular complexity index is 1180. The standard InChI is InChI=1S/C25H31F2N7S/c1-35-30-18-2-3-22(23(16-18)32-14-11-24(9-10-24)12-15-32)34-17-21(28-31-34)20-6-13-33(29-20)19-4-7-25(26,27)8-5-19/h2-3,6,13,16-17,19,30H,4-5,7-12,14-15H2,1H3. The SMILES string of the molecule is CSNc1ccc(-n2cc(-c3ccn(C4CCC(F)(F)CC4)n3)nn2)c(N2CCC3(CC2)CC3)c1. The molecule has 2 aromatic heterocycles. The van der Waals surface area contributed by atoms with Gasteiger partial charge in [-0.15, -0.1) is 5.10 Å². The van der Waals surface area contributed by atoms with Crippen LogP contribution in [0.2, 0.25) is 0 Å². The summed E-state index contributed by atoms with van der Waals surface area (Å²) in [6, 6.07) is 8.26. The summed E-state index contributed by atoms with van der Waals surface area (Å²) in [6.07, 6.45) is 11.8. The number of hydrogen-bond donors (Lipinski definition) is 1. The van der Waals surface area contributed by atoms with Gasteiger partial charge in [0, 0.05) is 44.1 Å². The Morgan fingerprint density at radius 1 is 0.971 bits per heavy atom. The van der Waals surface area contributed by atoms with Crippen LogP contribution in [0.15, 0.2) is 36.7 Å². The van der Waals surface area contributed by atoms with E-state index in [1.165, 1.54) is 25.7 Å². The van der Waals surface area contributed by atoms with Gasteiger partial charge in [-0.2, -0.15) is 5.10 Å². The molecule has 0 atom stereocenters. The van der Waals surface area contributed by atoms with Crippen LogP contribution < -0.4 is 9.62 Å². The summed E-state index contributed by atoms with van der Waals surface area (Å²) < 4.78 is 34.1. The molecule has 2 saturated carbocycles. The maximum atomic E-state index is 13.5. The van der Waals surface area contributed by atoms with Gasteiger partial charge in [-0.3, -0.25) is 4.68 Å². The second-order valence-corrected chi connectivity index (χ2v) is 10.9. The lowest BCUT2D eigenvalue weighted by molar-refractivity contribution is -0.0449. The van der Waals surface area contributed by atoms with E-state index >= 15 is 0 Å². The first kappa shape index (κ1) is 22.8. The molecule has 1 saturated heterocycles. The van der Waals surface area contributed by atoms with Crippen molar-refractivity contribution in [2.45, 2.75) is 63.3 Å². The molecule has 3 heterocycles. The number of hydrogen-bond acceptors (Lipinski definition) is 6. The molecule has 0 unspecified atom stereocenters. The fraction of sp³-hybridized carbons (Fsp3) is 0.560. The Morgan fingerprint density at radius 2 is 1.74 bits per heavy atom. The molecule has 2 aliphatic carbocycles. The summed E-state index contributed by atoms with van der Waals surface area (Å²) in [5.74, 6) is -2.54. The Morgan fingerprint density at radius 3 is 2.46 bits per heavy atom. The molecule has 3 fully saturated rings. The van der Waals surface area contributed by atoms with Crippen molar-refractivity contribution in [2.24, 2.45) is 5.41 Å². The summed E-state index contributed by atoms with van der Waals surface area (Å²) in [6.45, 7) is 2.12. The number of halogens is 2. The van der Waals surface area contributed by atoms with Crippen LogP contribution in [0.1, 0.15) is 57.4 Å². The molecule has 0 amide bonds. The zero-order chi connectivity index (χ0) is 24.0. The van der Waals surface area contributed by atoms with Crippen LogP contribution in [0.3, 0.4) is 0 Å². The Kier molecular flexibility index (Phi) is 5.74. The Labute approximate surface area is 208 Å². The first-order valence-electron chi connectivity index (χ1n) is 12.5. The van der Waals surface area contributed by atoms with Crippen LogP contribution in [0.25, 0.3) is 17.1 Å². The highest BCUT2D eigenvalue weighted by atomic mass is 32.2. The van der Waals surface area contributed by atoms with Gasteiger partial charge in [0.2, 0.25) is 5.92 Å². The van der Waals surface area contributed by atoms with Crippen LogP contribution >= 0.6 is 11.9 Å². The van der Waals surface area contributed by atoms with Crippen molar-refractivity contribution in [1.29, 1.82) is 0 Å². The zero-order valence-electron chi connectivity index (χ0n) is 20.0. The minimum absolute atomic E-state index is 0.00960. The average Bonchev–Trinajstić information content (AvgIpc) is 3.24. The van der Waals surface area contributed by atoms with E-state index in [1.54, 1.807) is 11.9 Å². The number of rotatable bonds is 6. The van der Waals surface area contributed by atoms with Crippen molar-refractivity contribution in [2.75, 3.05) is 29.0 Å². The van der Waals surface area contributed by atoms with Crippen LogP contribution in [-0.2, 0) is 0 Å². The summed E-state index contributed by atoms with van der Waals surface area (Å²) >= 11 is 1.58. The number of anilines is 2. The minimum atomic E-state index is -2.54. The predicted octanol–water partition coefficient (Wildman–Crippen LogP) is 5.95. The third-order valence-corrected chi connectivity index (χ3v) is 8.43. The van der Waals surface area contributed by atoms with E-state index in [2.05, 4.69) is 43.2 Å². The summed E-state index contributed by atoms with van der Waals surface area (Å²) in [4.78, 5) is 2.47. The van der Waals surface area contributed by atoms with E-state index in [0.717, 1.165) is 30.2 Å². The Balaban J connectivity index is 1.24. The summed E-state index contributed by atoms with van der Waals surface area (Å²) in [5, 5.41) is 13.5. The maximum absolute atomic E-state index is 13.5. The van der Waals surface area contributed by atoms with Crippen molar-refractivity contribution in [1.82, 2.24) is 24.8 Å². The molecule has 0 bridgehead atoms. The molecule has 1 spiro atoms. The molecule has 186 valence electrons. The number of nitrogens with one attached hydrogen (secondary N) is 1. The fourth-order valence-corrected chi connectivity index (χ4v) is 5.88. The van der Waals surface area contributed by atoms with Crippen LogP contribution in [0.4, 0.5) is 20.2 Å². The number of piperidine rings is 1. The molecule has 35 heavy (non-hydrogen) atoms. The topological polar surface area (TPSA) is 63.8 Å². The molecule has 3 aromatic rings. The van der Waals surface area contributed by atoms with Gasteiger partial charge in [-0.05, 0) is 68.2 Å². The summed E-state index contributed by atoms with van der Waals surface area (Å²) in [7, 11) is 0. The second-order valence-electron chi connectivity index (χ2n) is 10.3. The van der Waals surface area contributed by atoms with Gasteiger partial charge >= 0.3 is 0 Å². The molecule has 1 N–H and O–H groups in total. The van der Waals surface area contributed by atoms with Gasteiger partial charge in [-0.1, -0.05) is 17.2 Å². The molecule has 7 nitrogen and oxygen atoms in total. The van der Waals surface area contributed by atoms with Gasteiger partial charge < -0.3 is 9.62 Å². The van der Waals surface area contributed by atoms with Crippen molar-refractivity contribution in [3.8, 4) is 17.1 Å². The van der Waals surface area contributed by atoms with Crippen molar-refractivity contribution in [3.05, 3.63) is 36.7 Å². The monoisotopic (exact) mass is 499 g/mol. The third-order valence-electron chi connectivity index (χ3n) is 7.99. The average molecular weight is 500 g/mol. The minimum Gasteiger partial charge on any atom is -0.370 e. The van der Waals surface area contributed by atoms with E-state index in [0.29, 0.717) is 29.6 Å². The van der Waals surface area contributed by atoms with Gasteiger partial charge in [0.1, 0.15) is 11.4 Å². The normalized spacial score (nSPS) is 21.4. The smallest absolute Gasteiger partial charge is 0.248 e. The van der Waals surface area contributed by atoms with Gasteiger partial charge in [0.25, 0.3) is 0 Å². The fourth-order valence-electron chi connectivity index (χ4n) is 5.52. The predicted molar refractivity (Wildman–Crippen MR) is 135 cm³/mol. The molecule has 1 aliphatic heterocycles. The lowest BCUT2D eigenvalue weighted by Gasteiger charge is -2.35. The highest BCUT2D eigenvalue weighted by Crippen LogP contribution is 2.54. The lowest BCUT2D eigenvalue weighted by Crippen LogP contribution is -2.35. The Hall–Kier alpha value is -2.62.